The van der Waals surface area contributed by atoms with E-state index in [1.807, 2.05) is 36.2 Å². The molecule has 112 valence electrons. The standard InChI is InChI=1S/C18H23NO2/c1-18(2)12-16(18)17(21)19(3)13-15-9-7-14(8-10-15)6-4-5-11-20/h7-10,16,20H,5,11-13H2,1-3H3. The number of carbonyl (C=O) groups is 1. The van der Waals surface area contributed by atoms with Gasteiger partial charge in [0.25, 0.3) is 0 Å². The lowest BCUT2D eigenvalue weighted by atomic mass is 10.1. The maximum Gasteiger partial charge on any atom is 0.226 e. The average Bonchev–Trinajstić information content (AvgIpc) is 3.09. The van der Waals surface area contributed by atoms with E-state index < -0.39 is 0 Å². The molecular weight excluding hydrogens is 262 g/mol. The van der Waals surface area contributed by atoms with Gasteiger partial charge >= 0.3 is 0 Å². The first-order valence-electron chi connectivity index (χ1n) is 7.38. The fourth-order valence-electron chi connectivity index (χ4n) is 2.42. The van der Waals surface area contributed by atoms with Crippen molar-refractivity contribution in [1.29, 1.82) is 0 Å². The summed E-state index contributed by atoms with van der Waals surface area (Å²) >= 11 is 0. The van der Waals surface area contributed by atoms with Gasteiger partial charge in [0.1, 0.15) is 0 Å². The van der Waals surface area contributed by atoms with Gasteiger partial charge in [-0.15, -0.1) is 0 Å². The molecule has 2 rings (SSSR count). The Morgan fingerprint density at radius 3 is 2.52 bits per heavy atom. The zero-order chi connectivity index (χ0) is 15.5. The van der Waals surface area contributed by atoms with E-state index in [9.17, 15) is 4.79 Å². The second-order valence-corrected chi connectivity index (χ2v) is 6.41. The predicted octanol–water partition coefficient (Wildman–Crippen LogP) is 2.43. The van der Waals surface area contributed by atoms with Gasteiger partial charge in [-0.1, -0.05) is 37.8 Å². The van der Waals surface area contributed by atoms with E-state index in [2.05, 4.69) is 25.7 Å². The molecule has 1 fully saturated rings. The fourth-order valence-corrected chi connectivity index (χ4v) is 2.42. The summed E-state index contributed by atoms with van der Waals surface area (Å²) in [5.41, 5.74) is 2.22. The third kappa shape index (κ3) is 4.09. The molecule has 0 bridgehead atoms. The summed E-state index contributed by atoms with van der Waals surface area (Å²) in [6, 6.07) is 7.92. The Kier molecular flexibility index (Phi) is 4.69. The van der Waals surface area contributed by atoms with Crippen molar-refractivity contribution < 1.29 is 9.90 Å². The Bertz CT molecular complexity index is 563. The minimum absolute atomic E-state index is 0.0928. The van der Waals surface area contributed by atoms with Crippen LogP contribution >= 0.6 is 0 Å². The summed E-state index contributed by atoms with van der Waals surface area (Å²) in [4.78, 5) is 14.1. The summed E-state index contributed by atoms with van der Waals surface area (Å²) in [7, 11) is 1.87. The molecule has 1 amide bonds. The van der Waals surface area contributed by atoms with E-state index in [0.29, 0.717) is 13.0 Å². The molecule has 1 aliphatic rings. The van der Waals surface area contributed by atoms with Crippen molar-refractivity contribution in [3.05, 3.63) is 35.4 Å². The Labute approximate surface area is 127 Å². The maximum absolute atomic E-state index is 12.2. The second kappa shape index (κ2) is 6.32. The number of aliphatic hydroxyl groups is 1. The molecule has 0 spiro atoms. The van der Waals surface area contributed by atoms with Crippen molar-refractivity contribution in [1.82, 2.24) is 4.90 Å². The van der Waals surface area contributed by atoms with E-state index in [0.717, 1.165) is 17.5 Å². The molecule has 1 atom stereocenters. The molecule has 1 unspecified atom stereocenters. The van der Waals surface area contributed by atoms with Crippen LogP contribution in [0.25, 0.3) is 0 Å². The number of hydrogen-bond donors (Lipinski definition) is 1. The number of amides is 1. The van der Waals surface area contributed by atoms with Gasteiger partial charge in [-0.3, -0.25) is 4.79 Å². The zero-order valence-corrected chi connectivity index (χ0v) is 13.0. The average molecular weight is 285 g/mol. The van der Waals surface area contributed by atoms with Gasteiger partial charge in [0.15, 0.2) is 0 Å². The fraction of sp³-hybridized carbons (Fsp3) is 0.500. The van der Waals surface area contributed by atoms with E-state index >= 15 is 0 Å². The molecule has 3 nitrogen and oxygen atoms in total. The Morgan fingerprint density at radius 1 is 1.38 bits per heavy atom. The SMILES string of the molecule is CN(Cc1ccc(C#CCCO)cc1)C(=O)C1CC1(C)C. The van der Waals surface area contributed by atoms with Crippen LogP contribution in [0.1, 0.15) is 37.8 Å². The minimum atomic E-state index is 0.0928. The summed E-state index contributed by atoms with van der Waals surface area (Å²) in [6.45, 7) is 5.01. The number of aliphatic hydroxyl groups excluding tert-OH is 1. The van der Waals surface area contributed by atoms with Crippen LogP contribution in [0.2, 0.25) is 0 Å². The number of carbonyl (C=O) groups excluding carboxylic acids is 1. The van der Waals surface area contributed by atoms with Crippen molar-refractivity contribution in [3.8, 4) is 11.8 Å². The van der Waals surface area contributed by atoms with Gasteiger partial charge in [-0.2, -0.15) is 0 Å². The third-order valence-electron chi connectivity index (χ3n) is 4.03. The molecule has 3 heteroatoms. The van der Waals surface area contributed by atoms with Crippen molar-refractivity contribution >= 4 is 5.91 Å². The van der Waals surface area contributed by atoms with Gasteiger partial charge in [-0.25, -0.2) is 0 Å². The molecule has 1 N–H and O–H groups in total. The molecule has 0 radical (unpaired) electrons. The van der Waals surface area contributed by atoms with E-state index in [4.69, 9.17) is 5.11 Å². The molecule has 21 heavy (non-hydrogen) atoms. The largest absolute Gasteiger partial charge is 0.395 e. The zero-order valence-electron chi connectivity index (χ0n) is 13.0. The molecular formula is C18H23NO2. The Morgan fingerprint density at radius 2 is 2.00 bits per heavy atom. The molecule has 1 aromatic rings. The van der Waals surface area contributed by atoms with Gasteiger partial charge < -0.3 is 10.0 Å². The molecule has 1 aromatic carbocycles. The quantitative estimate of drug-likeness (QED) is 0.863. The summed E-state index contributed by atoms with van der Waals surface area (Å²) < 4.78 is 0. The van der Waals surface area contributed by atoms with Crippen LogP contribution in [0.4, 0.5) is 0 Å². The highest BCUT2D eigenvalue weighted by Gasteiger charge is 2.51. The topological polar surface area (TPSA) is 40.5 Å². The first-order chi connectivity index (χ1) is 9.94. The van der Waals surface area contributed by atoms with Crippen LogP contribution in [0.5, 0.6) is 0 Å². The monoisotopic (exact) mass is 285 g/mol. The first kappa shape index (κ1) is 15.6. The van der Waals surface area contributed by atoms with Crippen LogP contribution < -0.4 is 0 Å². The number of hydrogen-bond acceptors (Lipinski definition) is 2. The summed E-state index contributed by atoms with van der Waals surface area (Å²) in [5, 5.41) is 8.69. The van der Waals surface area contributed by atoms with Crippen molar-refractivity contribution in [3.63, 3.8) is 0 Å². The van der Waals surface area contributed by atoms with Gasteiger partial charge in [0.2, 0.25) is 5.91 Å². The number of nitrogens with zero attached hydrogens (tertiary/aromatic N) is 1. The Hall–Kier alpha value is -1.79. The first-order valence-corrected chi connectivity index (χ1v) is 7.38. The lowest BCUT2D eigenvalue weighted by molar-refractivity contribution is -0.132. The molecule has 0 saturated heterocycles. The highest BCUT2D eigenvalue weighted by Crippen LogP contribution is 2.52. The summed E-state index contributed by atoms with van der Waals surface area (Å²) in [6.07, 6.45) is 1.49. The van der Waals surface area contributed by atoms with E-state index in [1.54, 1.807) is 0 Å². The lowest BCUT2D eigenvalue weighted by Crippen LogP contribution is -2.28. The predicted molar refractivity (Wildman–Crippen MR) is 83.4 cm³/mol. The lowest BCUT2D eigenvalue weighted by Gasteiger charge is -2.18. The molecule has 1 saturated carbocycles. The second-order valence-electron chi connectivity index (χ2n) is 6.41. The van der Waals surface area contributed by atoms with Crippen molar-refractivity contribution in [2.45, 2.75) is 33.2 Å². The third-order valence-corrected chi connectivity index (χ3v) is 4.03. The molecule has 0 aromatic heterocycles. The Balaban J connectivity index is 1.91. The van der Waals surface area contributed by atoms with Gasteiger partial charge in [0, 0.05) is 31.5 Å². The van der Waals surface area contributed by atoms with Crippen LogP contribution in [0.3, 0.4) is 0 Å². The van der Waals surface area contributed by atoms with Gasteiger partial charge in [-0.05, 0) is 29.5 Å². The van der Waals surface area contributed by atoms with E-state index in [1.165, 1.54) is 0 Å². The van der Waals surface area contributed by atoms with E-state index in [-0.39, 0.29) is 23.8 Å². The smallest absolute Gasteiger partial charge is 0.226 e. The van der Waals surface area contributed by atoms with Crippen LogP contribution in [-0.2, 0) is 11.3 Å². The maximum atomic E-state index is 12.2. The van der Waals surface area contributed by atoms with Gasteiger partial charge in [0.05, 0.1) is 6.61 Å². The minimum Gasteiger partial charge on any atom is -0.395 e. The molecule has 0 heterocycles. The van der Waals surface area contributed by atoms with Crippen LogP contribution in [-0.4, -0.2) is 29.6 Å². The number of rotatable bonds is 4. The summed E-state index contributed by atoms with van der Waals surface area (Å²) in [5.74, 6) is 6.32. The number of benzene rings is 1. The molecule has 0 aliphatic heterocycles. The van der Waals surface area contributed by atoms with Crippen molar-refractivity contribution in [2.24, 2.45) is 11.3 Å². The normalized spacial score (nSPS) is 18.6. The van der Waals surface area contributed by atoms with Crippen LogP contribution in [0, 0.1) is 23.2 Å². The van der Waals surface area contributed by atoms with Crippen LogP contribution in [0.15, 0.2) is 24.3 Å². The highest BCUT2D eigenvalue weighted by molar-refractivity contribution is 5.82. The highest BCUT2D eigenvalue weighted by atomic mass is 16.2. The molecule has 1 aliphatic carbocycles. The van der Waals surface area contributed by atoms with Crippen molar-refractivity contribution in [2.75, 3.05) is 13.7 Å².